The van der Waals surface area contributed by atoms with Crippen molar-refractivity contribution in [2.24, 2.45) is 7.05 Å². The third kappa shape index (κ3) is 4.53. The first kappa shape index (κ1) is 19.7. The fraction of sp³-hybridized carbons (Fsp3) is 0.348. The molecule has 2 atom stereocenters. The minimum atomic E-state index is -0.0366. The second-order valence-corrected chi connectivity index (χ2v) is 8.82. The van der Waals surface area contributed by atoms with Gasteiger partial charge >= 0.3 is 0 Å². The van der Waals surface area contributed by atoms with E-state index in [1.54, 1.807) is 0 Å². The summed E-state index contributed by atoms with van der Waals surface area (Å²) in [6.45, 7) is 4.31. The zero-order valence-electron chi connectivity index (χ0n) is 17.0. The number of aromatic nitrogens is 3. The van der Waals surface area contributed by atoms with Gasteiger partial charge in [0.2, 0.25) is 5.91 Å². The van der Waals surface area contributed by atoms with Gasteiger partial charge in [-0.25, -0.2) is 0 Å². The molecule has 1 saturated carbocycles. The summed E-state index contributed by atoms with van der Waals surface area (Å²) in [5, 5.41) is 12.4. The van der Waals surface area contributed by atoms with Crippen LogP contribution in [0.25, 0.3) is 0 Å². The van der Waals surface area contributed by atoms with Crippen LogP contribution in [0.5, 0.6) is 0 Å². The Balaban J connectivity index is 1.32. The number of benzene rings is 2. The number of rotatable bonds is 7. The monoisotopic (exact) mass is 406 g/mol. The Morgan fingerprint density at radius 2 is 1.83 bits per heavy atom. The number of nitrogens with one attached hydrogen (secondary N) is 1. The highest BCUT2D eigenvalue weighted by Gasteiger charge is 2.42. The number of thioether (sulfide) groups is 1. The molecule has 0 aliphatic heterocycles. The van der Waals surface area contributed by atoms with Crippen LogP contribution in [0.4, 0.5) is 5.69 Å². The molecule has 1 amide bonds. The SMILES string of the molecule is CC(C)c1ccc(NC(=O)CSc2nnc(C3CC3c3ccccc3)n2C)cc1. The van der Waals surface area contributed by atoms with E-state index >= 15 is 0 Å². The van der Waals surface area contributed by atoms with Crippen molar-refractivity contribution >= 4 is 23.4 Å². The molecule has 0 radical (unpaired) electrons. The van der Waals surface area contributed by atoms with Crippen molar-refractivity contribution in [3.05, 3.63) is 71.5 Å². The van der Waals surface area contributed by atoms with Crippen molar-refractivity contribution in [3.8, 4) is 0 Å². The lowest BCUT2D eigenvalue weighted by Crippen LogP contribution is -2.14. The quantitative estimate of drug-likeness (QED) is 0.565. The molecule has 2 aromatic carbocycles. The second kappa shape index (κ2) is 8.41. The van der Waals surface area contributed by atoms with Crippen LogP contribution in [0.15, 0.2) is 59.8 Å². The molecule has 1 heterocycles. The maximum absolute atomic E-state index is 12.3. The smallest absolute Gasteiger partial charge is 0.234 e. The molecule has 1 fully saturated rings. The van der Waals surface area contributed by atoms with Crippen molar-refractivity contribution in [3.63, 3.8) is 0 Å². The van der Waals surface area contributed by atoms with E-state index in [9.17, 15) is 4.79 Å². The van der Waals surface area contributed by atoms with Crippen molar-refractivity contribution in [2.45, 2.75) is 43.2 Å². The Kier molecular flexibility index (Phi) is 5.72. The van der Waals surface area contributed by atoms with Crippen molar-refractivity contribution in [2.75, 3.05) is 11.1 Å². The number of anilines is 1. The van der Waals surface area contributed by atoms with Gasteiger partial charge in [-0.3, -0.25) is 4.79 Å². The minimum absolute atomic E-state index is 0.0366. The first-order valence-electron chi connectivity index (χ1n) is 9.99. The lowest BCUT2D eigenvalue weighted by atomic mass is 10.0. The minimum Gasteiger partial charge on any atom is -0.325 e. The lowest BCUT2D eigenvalue weighted by Gasteiger charge is -2.08. The predicted molar refractivity (Wildman–Crippen MR) is 117 cm³/mol. The molecule has 0 spiro atoms. The maximum atomic E-state index is 12.3. The molecule has 1 N–H and O–H groups in total. The topological polar surface area (TPSA) is 59.8 Å². The first-order valence-corrected chi connectivity index (χ1v) is 11.0. The number of nitrogens with zero attached hydrogens (tertiary/aromatic N) is 3. The molecule has 5 nitrogen and oxygen atoms in total. The molecule has 29 heavy (non-hydrogen) atoms. The Bertz CT molecular complexity index is 982. The van der Waals surface area contributed by atoms with Crippen LogP contribution >= 0.6 is 11.8 Å². The molecule has 4 rings (SSSR count). The fourth-order valence-electron chi connectivity index (χ4n) is 3.60. The lowest BCUT2D eigenvalue weighted by molar-refractivity contribution is -0.113. The third-order valence-electron chi connectivity index (χ3n) is 5.41. The third-order valence-corrected chi connectivity index (χ3v) is 6.43. The van der Waals surface area contributed by atoms with Crippen molar-refractivity contribution < 1.29 is 4.79 Å². The molecule has 2 unspecified atom stereocenters. The van der Waals surface area contributed by atoms with Crippen LogP contribution in [0, 0.1) is 0 Å². The molecular weight excluding hydrogens is 380 g/mol. The molecule has 6 heteroatoms. The van der Waals surface area contributed by atoms with Gasteiger partial charge in [-0.2, -0.15) is 0 Å². The van der Waals surface area contributed by atoms with Gasteiger partial charge in [-0.1, -0.05) is 68.1 Å². The van der Waals surface area contributed by atoms with Crippen LogP contribution in [0.2, 0.25) is 0 Å². The van der Waals surface area contributed by atoms with E-state index in [1.165, 1.54) is 22.9 Å². The van der Waals surface area contributed by atoms with E-state index in [2.05, 4.69) is 65.8 Å². The van der Waals surface area contributed by atoms with Crippen LogP contribution in [-0.2, 0) is 11.8 Å². The number of carbonyl (C=O) groups is 1. The van der Waals surface area contributed by atoms with Gasteiger partial charge in [0.25, 0.3) is 0 Å². The van der Waals surface area contributed by atoms with Gasteiger partial charge in [0.05, 0.1) is 5.75 Å². The summed E-state index contributed by atoms with van der Waals surface area (Å²) in [7, 11) is 1.99. The second-order valence-electron chi connectivity index (χ2n) is 7.87. The van der Waals surface area contributed by atoms with Gasteiger partial charge in [0.1, 0.15) is 5.82 Å². The molecule has 0 saturated heterocycles. The average Bonchev–Trinajstić information content (AvgIpc) is 3.44. The average molecular weight is 407 g/mol. The Labute approximate surface area is 175 Å². The highest BCUT2D eigenvalue weighted by molar-refractivity contribution is 7.99. The number of carbonyl (C=O) groups excluding carboxylic acids is 1. The Morgan fingerprint density at radius 3 is 2.52 bits per heavy atom. The fourth-order valence-corrected chi connectivity index (χ4v) is 4.32. The molecule has 0 bridgehead atoms. The summed E-state index contributed by atoms with van der Waals surface area (Å²) < 4.78 is 2.03. The van der Waals surface area contributed by atoms with E-state index in [1.807, 2.05) is 29.8 Å². The molecule has 1 aliphatic carbocycles. The molecule has 150 valence electrons. The standard InChI is InChI=1S/C23H26N4OS/c1-15(2)16-9-11-18(12-10-16)24-21(28)14-29-23-26-25-22(27(23)3)20-13-19(20)17-7-5-4-6-8-17/h4-12,15,19-20H,13-14H2,1-3H3,(H,24,28). The largest absolute Gasteiger partial charge is 0.325 e. The molecular formula is C23H26N4OS. The summed E-state index contributed by atoms with van der Waals surface area (Å²) in [4.78, 5) is 12.3. The summed E-state index contributed by atoms with van der Waals surface area (Å²) in [6.07, 6.45) is 1.10. The van der Waals surface area contributed by atoms with Crippen LogP contribution in [-0.4, -0.2) is 26.4 Å². The molecule has 1 aromatic heterocycles. The van der Waals surface area contributed by atoms with E-state index in [0.29, 0.717) is 23.5 Å². The van der Waals surface area contributed by atoms with E-state index in [-0.39, 0.29) is 5.91 Å². The molecule has 1 aliphatic rings. The van der Waals surface area contributed by atoms with Gasteiger partial charge in [-0.15, -0.1) is 10.2 Å². The van der Waals surface area contributed by atoms with Crippen molar-refractivity contribution in [1.82, 2.24) is 14.8 Å². The van der Waals surface area contributed by atoms with E-state index < -0.39 is 0 Å². The van der Waals surface area contributed by atoms with E-state index in [4.69, 9.17) is 0 Å². The Hall–Kier alpha value is -2.60. The zero-order valence-corrected chi connectivity index (χ0v) is 17.8. The van der Waals surface area contributed by atoms with Gasteiger partial charge < -0.3 is 9.88 Å². The first-order chi connectivity index (χ1) is 14.0. The summed E-state index contributed by atoms with van der Waals surface area (Å²) in [6, 6.07) is 18.6. The van der Waals surface area contributed by atoms with Gasteiger partial charge in [0, 0.05) is 18.7 Å². The van der Waals surface area contributed by atoms with Gasteiger partial charge in [-0.05, 0) is 41.5 Å². The zero-order chi connectivity index (χ0) is 20.4. The highest BCUT2D eigenvalue weighted by atomic mass is 32.2. The Morgan fingerprint density at radius 1 is 1.10 bits per heavy atom. The number of amides is 1. The number of hydrogen-bond acceptors (Lipinski definition) is 4. The predicted octanol–water partition coefficient (Wildman–Crippen LogP) is 4.94. The maximum Gasteiger partial charge on any atom is 0.234 e. The summed E-state index contributed by atoms with van der Waals surface area (Å²) in [5.74, 6) is 2.70. The molecule has 3 aromatic rings. The van der Waals surface area contributed by atoms with E-state index in [0.717, 1.165) is 23.1 Å². The van der Waals surface area contributed by atoms with Crippen LogP contribution < -0.4 is 5.32 Å². The van der Waals surface area contributed by atoms with Crippen molar-refractivity contribution in [1.29, 1.82) is 0 Å². The van der Waals surface area contributed by atoms with Gasteiger partial charge in [0.15, 0.2) is 5.16 Å². The number of hydrogen-bond donors (Lipinski definition) is 1. The van der Waals surface area contributed by atoms with Crippen LogP contribution in [0.1, 0.15) is 55.0 Å². The normalized spacial score (nSPS) is 18.1. The summed E-state index contributed by atoms with van der Waals surface area (Å²) in [5.41, 5.74) is 3.44. The highest BCUT2D eigenvalue weighted by Crippen LogP contribution is 2.54. The summed E-state index contributed by atoms with van der Waals surface area (Å²) >= 11 is 1.42. The van der Waals surface area contributed by atoms with Crippen LogP contribution in [0.3, 0.4) is 0 Å².